The monoisotopic (exact) mass is 289 g/mol. The Kier molecular flexibility index (Phi) is 7.02. The molecule has 1 N–H and O–H groups in total. The molecule has 0 heterocycles. The van der Waals surface area contributed by atoms with Crippen LogP contribution in [0, 0.1) is 5.92 Å². The summed E-state index contributed by atoms with van der Waals surface area (Å²) in [6.07, 6.45) is -3.35. The Morgan fingerprint density at radius 3 is 2.25 bits per heavy atom. The molecule has 0 unspecified atom stereocenters. The minimum Gasteiger partial charge on any atom is -0.367 e. The van der Waals surface area contributed by atoms with E-state index in [0.717, 1.165) is 25.1 Å². The summed E-state index contributed by atoms with van der Waals surface area (Å²) in [4.78, 5) is 0. The lowest BCUT2D eigenvalue weighted by atomic mass is 10.1. The Morgan fingerprint density at radius 1 is 1.10 bits per heavy atom. The zero-order chi connectivity index (χ0) is 15.0. The molecule has 0 aromatic heterocycles. The van der Waals surface area contributed by atoms with Gasteiger partial charge < -0.3 is 10.1 Å². The van der Waals surface area contributed by atoms with Crippen LogP contribution in [0.25, 0.3) is 0 Å². The summed E-state index contributed by atoms with van der Waals surface area (Å²) in [6, 6.07) is 7.50. The van der Waals surface area contributed by atoms with Crippen LogP contribution in [0.5, 0.6) is 0 Å². The van der Waals surface area contributed by atoms with Gasteiger partial charge in [-0.05, 0) is 36.6 Å². The number of halogens is 3. The molecule has 0 amide bonds. The summed E-state index contributed by atoms with van der Waals surface area (Å²) in [5.74, 6) is 0.628. The predicted octanol–water partition coefficient (Wildman–Crippen LogP) is 3.55. The predicted molar refractivity (Wildman–Crippen MR) is 73.6 cm³/mol. The summed E-state index contributed by atoms with van der Waals surface area (Å²) in [6.45, 7) is 5.00. The molecule has 0 spiro atoms. The van der Waals surface area contributed by atoms with E-state index in [0.29, 0.717) is 5.92 Å². The van der Waals surface area contributed by atoms with Gasteiger partial charge in [0.05, 0.1) is 6.61 Å². The molecule has 0 aliphatic rings. The summed E-state index contributed by atoms with van der Waals surface area (Å²) in [5, 5.41) is 3.35. The molecule has 1 aromatic rings. The van der Waals surface area contributed by atoms with Gasteiger partial charge in [-0.3, -0.25) is 0 Å². The number of rotatable bonds is 8. The van der Waals surface area contributed by atoms with E-state index in [1.54, 1.807) is 0 Å². The van der Waals surface area contributed by atoms with Crippen LogP contribution >= 0.6 is 0 Å². The highest BCUT2D eigenvalue weighted by Crippen LogP contribution is 2.15. The molecule has 1 rings (SSSR count). The molecule has 0 saturated heterocycles. The number of alkyl halides is 3. The van der Waals surface area contributed by atoms with Gasteiger partial charge in [-0.1, -0.05) is 38.1 Å². The number of hydrogen-bond acceptors (Lipinski definition) is 2. The number of hydrogen-bond donors (Lipinski definition) is 1. The van der Waals surface area contributed by atoms with Crippen molar-refractivity contribution in [3.8, 4) is 0 Å². The Labute approximate surface area is 118 Å². The maximum atomic E-state index is 11.9. The standard InChI is InChI=1S/C15H22F3NO/c1-12(2)9-19-8-7-13-3-5-14(6-4-13)10-20-11-15(16,17)18/h3-6,12,19H,7-11H2,1-2H3. The number of benzene rings is 1. The maximum absolute atomic E-state index is 11.9. The SMILES string of the molecule is CC(C)CNCCc1ccc(COCC(F)(F)F)cc1. The molecule has 2 nitrogen and oxygen atoms in total. The van der Waals surface area contributed by atoms with Gasteiger partial charge in [-0.15, -0.1) is 0 Å². The van der Waals surface area contributed by atoms with Gasteiger partial charge in [0.1, 0.15) is 6.61 Å². The van der Waals surface area contributed by atoms with Gasteiger partial charge in [-0.2, -0.15) is 13.2 Å². The highest BCUT2D eigenvalue weighted by molar-refractivity contribution is 5.22. The summed E-state index contributed by atoms with van der Waals surface area (Å²) < 4.78 is 40.4. The quantitative estimate of drug-likeness (QED) is 0.739. The van der Waals surface area contributed by atoms with Crippen LogP contribution in [0.2, 0.25) is 0 Å². The molecule has 5 heteroatoms. The van der Waals surface area contributed by atoms with Crippen LogP contribution in [0.1, 0.15) is 25.0 Å². The van der Waals surface area contributed by atoms with E-state index in [1.165, 1.54) is 5.56 Å². The first kappa shape index (κ1) is 17.0. The van der Waals surface area contributed by atoms with Crippen LogP contribution in [0.15, 0.2) is 24.3 Å². The van der Waals surface area contributed by atoms with Crippen molar-refractivity contribution in [3.05, 3.63) is 35.4 Å². The van der Waals surface area contributed by atoms with Crippen LogP contribution in [0.4, 0.5) is 13.2 Å². The molecule has 0 radical (unpaired) electrons. The second-order valence-electron chi connectivity index (χ2n) is 5.27. The molecule has 0 fully saturated rings. The molecule has 0 atom stereocenters. The normalized spacial score (nSPS) is 12.1. The average molecular weight is 289 g/mol. The second kappa shape index (κ2) is 8.27. The summed E-state index contributed by atoms with van der Waals surface area (Å²) in [5.41, 5.74) is 1.92. The molecule has 20 heavy (non-hydrogen) atoms. The van der Waals surface area contributed by atoms with Crippen LogP contribution < -0.4 is 5.32 Å². The summed E-state index contributed by atoms with van der Waals surface area (Å²) >= 11 is 0. The fourth-order valence-electron chi connectivity index (χ4n) is 1.71. The molecule has 114 valence electrons. The van der Waals surface area contributed by atoms with Crippen molar-refractivity contribution in [2.45, 2.75) is 33.1 Å². The van der Waals surface area contributed by atoms with E-state index in [9.17, 15) is 13.2 Å². The smallest absolute Gasteiger partial charge is 0.367 e. The van der Waals surface area contributed by atoms with Crippen molar-refractivity contribution in [3.63, 3.8) is 0 Å². The molecular formula is C15H22F3NO. The van der Waals surface area contributed by atoms with Crippen molar-refractivity contribution >= 4 is 0 Å². The largest absolute Gasteiger partial charge is 0.411 e. The van der Waals surface area contributed by atoms with Gasteiger partial charge in [0.2, 0.25) is 0 Å². The third kappa shape index (κ3) is 8.17. The lowest BCUT2D eigenvalue weighted by Gasteiger charge is -2.09. The van der Waals surface area contributed by atoms with Crippen LogP contribution in [-0.2, 0) is 17.8 Å². The third-order valence-corrected chi connectivity index (χ3v) is 2.70. The molecule has 0 aliphatic carbocycles. The maximum Gasteiger partial charge on any atom is 0.411 e. The van der Waals surface area contributed by atoms with Crippen molar-refractivity contribution in [2.75, 3.05) is 19.7 Å². The van der Waals surface area contributed by atoms with E-state index < -0.39 is 12.8 Å². The van der Waals surface area contributed by atoms with Gasteiger partial charge in [0.25, 0.3) is 0 Å². The molecule has 0 saturated carbocycles. The molecule has 1 aromatic carbocycles. The zero-order valence-electron chi connectivity index (χ0n) is 12.0. The first-order chi connectivity index (χ1) is 9.37. The van der Waals surface area contributed by atoms with Crippen molar-refractivity contribution < 1.29 is 17.9 Å². The molecule has 0 aliphatic heterocycles. The van der Waals surface area contributed by atoms with Crippen molar-refractivity contribution in [1.82, 2.24) is 5.32 Å². The minimum atomic E-state index is -4.26. The van der Waals surface area contributed by atoms with Crippen LogP contribution in [0.3, 0.4) is 0 Å². The minimum absolute atomic E-state index is 0.00854. The fraction of sp³-hybridized carbons (Fsp3) is 0.600. The van der Waals surface area contributed by atoms with Gasteiger partial charge >= 0.3 is 6.18 Å². The van der Waals surface area contributed by atoms with E-state index in [2.05, 4.69) is 23.9 Å². The Bertz CT molecular complexity index is 374. The highest BCUT2D eigenvalue weighted by atomic mass is 19.4. The number of ether oxygens (including phenoxy) is 1. The Balaban J connectivity index is 2.26. The van der Waals surface area contributed by atoms with Gasteiger partial charge in [-0.25, -0.2) is 0 Å². The Hall–Kier alpha value is -1.07. The van der Waals surface area contributed by atoms with Crippen LogP contribution in [-0.4, -0.2) is 25.9 Å². The lowest BCUT2D eigenvalue weighted by molar-refractivity contribution is -0.176. The highest BCUT2D eigenvalue weighted by Gasteiger charge is 2.27. The lowest BCUT2D eigenvalue weighted by Crippen LogP contribution is -2.22. The second-order valence-corrected chi connectivity index (χ2v) is 5.27. The zero-order valence-corrected chi connectivity index (χ0v) is 12.0. The summed E-state index contributed by atoms with van der Waals surface area (Å²) in [7, 11) is 0. The third-order valence-electron chi connectivity index (χ3n) is 2.70. The van der Waals surface area contributed by atoms with Crippen molar-refractivity contribution in [1.29, 1.82) is 0 Å². The number of nitrogens with one attached hydrogen (secondary N) is 1. The molecule has 0 bridgehead atoms. The van der Waals surface area contributed by atoms with E-state index >= 15 is 0 Å². The topological polar surface area (TPSA) is 21.3 Å². The van der Waals surface area contributed by atoms with E-state index in [4.69, 9.17) is 0 Å². The van der Waals surface area contributed by atoms with Gasteiger partial charge in [0.15, 0.2) is 0 Å². The van der Waals surface area contributed by atoms with Crippen molar-refractivity contribution in [2.24, 2.45) is 5.92 Å². The van der Waals surface area contributed by atoms with E-state index in [1.807, 2.05) is 24.3 Å². The first-order valence-electron chi connectivity index (χ1n) is 6.80. The molecular weight excluding hydrogens is 267 g/mol. The first-order valence-corrected chi connectivity index (χ1v) is 6.80. The van der Waals surface area contributed by atoms with Gasteiger partial charge in [0, 0.05) is 0 Å². The average Bonchev–Trinajstić information content (AvgIpc) is 2.34. The fourth-order valence-corrected chi connectivity index (χ4v) is 1.71. The Morgan fingerprint density at radius 2 is 1.70 bits per heavy atom. The van der Waals surface area contributed by atoms with E-state index in [-0.39, 0.29) is 6.61 Å².